The highest BCUT2D eigenvalue weighted by molar-refractivity contribution is 7.07. The second-order valence-electron chi connectivity index (χ2n) is 5.67. The number of nitrogens with zero attached hydrogens (tertiary/aromatic N) is 1. The molecule has 1 aliphatic carbocycles. The second kappa shape index (κ2) is 7.58. The lowest BCUT2D eigenvalue weighted by Gasteiger charge is -2.17. The van der Waals surface area contributed by atoms with Crippen LogP contribution in [0.4, 0.5) is 0 Å². The van der Waals surface area contributed by atoms with Gasteiger partial charge < -0.3 is 14.6 Å². The number of carbonyl (C=O) groups excluding carboxylic acids is 2. The number of hydrogen-bond donors (Lipinski definition) is 1. The molecule has 1 aliphatic rings. The molecule has 7 heteroatoms. The van der Waals surface area contributed by atoms with E-state index in [1.807, 2.05) is 6.92 Å². The highest BCUT2D eigenvalue weighted by Gasteiger charge is 2.23. The Kier molecular flexibility index (Phi) is 5.76. The summed E-state index contributed by atoms with van der Waals surface area (Å²) in [5, 5.41) is 4.66. The van der Waals surface area contributed by atoms with Gasteiger partial charge in [-0.3, -0.25) is 14.4 Å². The van der Waals surface area contributed by atoms with Crippen LogP contribution in [0.3, 0.4) is 0 Å². The van der Waals surface area contributed by atoms with E-state index in [-0.39, 0.29) is 29.8 Å². The number of amides is 1. The first-order chi connectivity index (χ1) is 10.5. The SMILES string of the molecule is Cc1csc(=O)n1CCC(=O)OC(C)C(=O)NC1CCCC1. The molecular formula is C15H22N2O4S. The van der Waals surface area contributed by atoms with Crippen LogP contribution in [0.25, 0.3) is 0 Å². The van der Waals surface area contributed by atoms with Crippen molar-refractivity contribution in [2.24, 2.45) is 0 Å². The first-order valence-corrected chi connectivity index (χ1v) is 8.50. The van der Waals surface area contributed by atoms with Crippen LogP contribution < -0.4 is 10.2 Å². The highest BCUT2D eigenvalue weighted by atomic mass is 32.1. The van der Waals surface area contributed by atoms with Gasteiger partial charge in [-0.1, -0.05) is 24.2 Å². The molecule has 0 saturated heterocycles. The van der Waals surface area contributed by atoms with Crippen LogP contribution in [-0.4, -0.2) is 28.6 Å². The monoisotopic (exact) mass is 326 g/mol. The van der Waals surface area contributed by atoms with Crippen LogP contribution in [-0.2, 0) is 20.9 Å². The number of hydrogen-bond acceptors (Lipinski definition) is 5. The zero-order valence-corrected chi connectivity index (χ0v) is 13.8. The predicted molar refractivity (Wildman–Crippen MR) is 83.9 cm³/mol. The van der Waals surface area contributed by atoms with Crippen molar-refractivity contribution in [1.82, 2.24) is 9.88 Å². The molecule has 1 saturated carbocycles. The molecule has 2 rings (SSSR count). The third-order valence-corrected chi connectivity index (χ3v) is 4.78. The fraction of sp³-hybridized carbons (Fsp3) is 0.667. The molecule has 0 aromatic carbocycles. The molecule has 0 spiro atoms. The lowest BCUT2D eigenvalue weighted by Crippen LogP contribution is -2.41. The average Bonchev–Trinajstić information content (AvgIpc) is 3.08. The number of carbonyl (C=O) groups is 2. The molecule has 0 aliphatic heterocycles. The van der Waals surface area contributed by atoms with Gasteiger partial charge in [-0.15, -0.1) is 0 Å². The maximum absolute atomic E-state index is 11.9. The van der Waals surface area contributed by atoms with E-state index in [2.05, 4.69) is 5.32 Å². The molecule has 1 unspecified atom stereocenters. The predicted octanol–water partition coefficient (Wildman–Crippen LogP) is 1.60. The van der Waals surface area contributed by atoms with Gasteiger partial charge in [-0.25, -0.2) is 0 Å². The van der Waals surface area contributed by atoms with Gasteiger partial charge in [-0.2, -0.15) is 0 Å². The summed E-state index contributed by atoms with van der Waals surface area (Å²) in [7, 11) is 0. The Morgan fingerprint density at radius 3 is 2.73 bits per heavy atom. The number of nitrogens with one attached hydrogen (secondary N) is 1. The van der Waals surface area contributed by atoms with Crippen molar-refractivity contribution in [3.05, 3.63) is 20.7 Å². The zero-order chi connectivity index (χ0) is 16.1. The molecular weight excluding hydrogens is 304 g/mol. The van der Waals surface area contributed by atoms with Gasteiger partial charge >= 0.3 is 10.8 Å². The summed E-state index contributed by atoms with van der Waals surface area (Å²) >= 11 is 1.11. The number of aromatic nitrogens is 1. The van der Waals surface area contributed by atoms with E-state index in [9.17, 15) is 14.4 Å². The fourth-order valence-corrected chi connectivity index (χ4v) is 3.34. The smallest absolute Gasteiger partial charge is 0.308 e. The minimum absolute atomic E-state index is 0.0819. The van der Waals surface area contributed by atoms with Crippen molar-refractivity contribution in [1.29, 1.82) is 0 Å². The molecule has 1 N–H and O–H groups in total. The Bertz CT molecular complexity index is 587. The van der Waals surface area contributed by atoms with E-state index in [4.69, 9.17) is 4.74 Å². The molecule has 1 amide bonds. The summed E-state index contributed by atoms with van der Waals surface area (Å²) in [5.74, 6) is -0.712. The molecule has 6 nitrogen and oxygen atoms in total. The van der Waals surface area contributed by atoms with Gasteiger partial charge in [0.2, 0.25) is 0 Å². The van der Waals surface area contributed by atoms with Crippen molar-refractivity contribution in [2.45, 2.75) is 64.6 Å². The van der Waals surface area contributed by atoms with Crippen LogP contribution in [0.15, 0.2) is 10.2 Å². The van der Waals surface area contributed by atoms with Crippen molar-refractivity contribution in [2.75, 3.05) is 0 Å². The Balaban J connectivity index is 1.76. The van der Waals surface area contributed by atoms with Crippen molar-refractivity contribution >= 4 is 23.2 Å². The normalized spacial score (nSPS) is 16.5. The maximum atomic E-state index is 11.9. The van der Waals surface area contributed by atoms with Crippen LogP contribution in [0, 0.1) is 6.92 Å². The molecule has 1 fully saturated rings. The number of thiazole rings is 1. The van der Waals surface area contributed by atoms with Crippen molar-refractivity contribution in [3.63, 3.8) is 0 Å². The summed E-state index contributed by atoms with van der Waals surface area (Å²) in [6.45, 7) is 3.68. The Morgan fingerprint density at radius 2 is 2.14 bits per heavy atom. The first kappa shape index (κ1) is 16.7. The third-order valence-electron chi connectivity index (χ3n) is 3.89. The Morgan fingerprint density at radius 1 is 1.45 bits per heavy atom. The number of aryl methyl sites for hydroxylation is 1. The summed E-state index contributed by atoms with van der Waals surface area (Å²) in [4.78, 5) is 35.2. The minimum Gasteiger partial charge on any atom is -0.452 e. The lowest BCUT2D eigenvalue weighted by atomic mass is 10.2. The number of esters is 1. The fourth-order valence-electron chi connectivity index (χ4n) is 2.58. The Labute approximate surface area is 133 Å². The molecule has 22 heavy (non-hydrogen) atoms. The van der Waals surface area contributed by atoms with E-state index in [0.29, 0.717) is 0 Å². The molecule has 1 atom stereocenters. The molecule has 1 aromatic rings. The molecule has 0 radical (unpaired) electrons. The van der Waals surface area contributed by atoms with Gasteiger partial charge in [0.25, 0.3) is 5.91 Å². The average molecular weight is 326 g/mol. The van der Waals surface area contributed by atoms with E-state index in [0.717, 1.165) is 42.7 Å². The molecule has 0 bridgehead atoms. The second-order valence-corrected chi connectivity index (χ2v) is 6.49. The molecule has 1 aromatic heterocycles. The third kappa shape index (κ3) is 4.43. The van der Waals surface area contributed by atoms with Crippen LogP contribution in [0.1, 0.15) is 44.7 Å². The van der Waals surface area contributed by atoms with Crippen LogP contribution >= 0.6 is 11.3 Å². The number of ether oxygens (including phenoxy) is 1. The van der Waals surface area contributed by atoms with Gasteiger partial charge in [0.05, 0.1) is 6.42 Å². The van der Waals surface area contributed by atoms with Crippen LogP contribution in [0.5, 0.6) is 0 Å². The van der Waals surface area contributed by atoms with Gasteiger partial charge in [0.1, 0.15) is 0 Å². The summed E-state index contributed by atoms with van der Waals surface area (Å²) in [5.41, 5.74) is 0.829. The summed E-state index contributed by atoms with van der Waals surface area (Å²) < 4.78 is 6.67. The quantitative estimate of drug-likeness (QED) is 0.806. The lowest BCUT2D eigenvalue weighted by molar-refractivity contribution is -0.155. The van der Waals surface area contributed by atoms with E-state index in [1.165, 1.54) is 4.57 Å². The van der Waals surface area contributed by atoms with Gasteiger partial charge in [0.15, 0.2) is 6.10 Å². The van der Waals surface area contributed by atoms with E-state index in [1.54, 1.807) is 12.3 Å². The number of rotatable bonds is 6. The largest absolute Gasteiger partial charge is 0.452 e. The van der Waals surface area contributed by atoms with Gasteiger partial charge in [-0.05, 0) is 26.7 Å². The van der Waals surface area contributed by atoms with Crippen molar-refractivity contribution in [3.8, 4) is 0 Å². The highest BCUT2D eigenvalue weighted by Crippen LogP contribution is 2.17. The molecule has 1 heterocycles. The standard InChI is InChI=1S/C15H22N2O4S/c1-10-9-22-15(20)17(10)8-7-13(18)21-11(2)14(19)16-12-5-3-4-6-12/h9,11-12H,3-8H2,1-2H3,(H,16,19). The topological polar surface area (TPSA) is 77.4 Å². The van der Waals surface area contributed by atoms with E-state index < -0.39 is 12.1 Å². The van der Waals surface area contributed by atoms with Crippen molar-refractivity contribution < 1.29 is 14.3 Å². The first-order valence-electron chi connectivity index (χ1n) is 7.62. The summed E-state index contributed by atoms with van der Waals surface area (Å²) in [6.07, 6.45) is 3.54. The summed E-state index contributed by atoms with van der Waals surface area (Å²) in [6, 6.07) is 0.209. The van der Waals surface area contributed by atoms with E-state index >= 15 is 0 Å². The zero-order valence-electron chi connectivity index (χ0n) is 13.0. The Hall–Kier alpha value is -1.63. The molecule has 122 valence electrons. The maximum Gasteiger partial charge on any atom is 0.308 e. The minimum atomic E-state index is -0.798. The van der Waals surface area contributed by atoms with Gasteiger partial charge in [0, 0.05) is 23.7 Å². The van der Waals surface area contributed by atoms with Crippen LogP contribution in [0.2, 0.25) is 0 Å².